The lowest BCUT2D eigenvalue weighted by molar-refractivity contribution is -0.137. The number of carbonyl (C=O) groups is 1. The van der Waals surface area contributed by atoms with Crippen molar-refractivity contribution in [2.45, 2.75) is 97.2 Å². The van der Waals surface area contributed by atoms with E-state index in [1.54, 1.807) is 0 Å². The van der Waals surface area contributed by atoms with E-state index in [2.05, 4.69) is 79.6 Å². The van der Waals surface area contributed by atoms with E-state index in [1.165, 1.54) is 0 Å². The molecule has 0 bridgehead atoms. The van der Waals surface area contributed by atoms with Crippen molar-refractivity contribution in [1.29, 1.82) is 0 Å². The molecule has 5 heteroatoms. The van der Waals surface area contributed by atoms with Crippen LogP contribution in [-0.2, 0) is 9.22 Å². The average molecular weight is 332 g/mol. The van der Waals surface area contributed by atoms with Crippen molar-refractivity contribution in [3.05, 3.63) is 0 Å². The summed E-state index contributed by atoms with van der Waals surface area (Å²) in [6.07, 6.45) is 0.778. The van der Waals surface area contributed by atoms with Gasteiger partial charge in [-0.1, -0.05) is 61.6 Å². The zero-order valence-corrected chi connectivity index (χ0v) is 18.1. The molecule has 0 aromatic heterocycles. The fourth-order valence-electron chi connectivity index (χ4n) is 1.46. The Kier molecular flexibility index (Phi) is 6.50. The minimum absolute atomic E-state index is 0.0535. The summed E-state index contributed by atoms with van der Waals surface area (Å²) in [6, 6.07) is -0.181. The minimum Gasteiger partial charge on any atom is -0.518 e. The van der Waals surface area contributed by atoms with Crippen molar-refractivity contribution >= 4 is 22.5 Å². The summed E-state index contributed by atoms with van der Waals surface area (Å²) >= 11 is 0. The van der Waals surface area contributed by atoms with E-state index in [-0.39, 0.29) is 22.1 Å². The molecule has 1 N–H and O–H groups in total. The zero-order chi connectivity index (χ0) is 17.3. The van der Waals surface area contributed by atoms with Gasteiger partial charge in [0.1, 0.15) is 8.24 Å². The van der Waals surface area contributed by atoms with E-state index >= 15 is 0 Å². The van der Waals surface area contributed by atoms with Gasteiger partial charge in [0.15, 0.2) is 0 Å². The second-order valence-corrected chi connectivity index (χ2v) is 18.9. The highest BCUT2D eigenvalue weighted by Gasteiger charge is 2.43. The Labute approximate surface area is 134 Å². The molecule has 0 saturated heterocycles. The first-order valence-corrected chi connectivity index (χ1v) is 14.0. The molecule has 0 spiro atoms. The van der Waals surface area contributed by atoms with Crippen LogP contribution in [0.5, 0.6) is 0 Å². The lowest BCUT2D eigenvalue weighted by Gasteiger charge is -2.41. The van der Waals surface area contributed by atoms with Crippen LogP contribution in [0.15, 0.2) is 0 Å². The smallest absolute Gasteiger partial charge is 0.309 e. The summed E-state index contributed by atoms with van der Waals surface area (Å²) in [4.78, 5) is 16.3. The Bertz CT molecular complexity index is 365. The maximum Gasteiger partial charge on any atom is 0.309 e. The van der Waals surface area contributed by atoms with Crippen LogP contribution in [-0.4, -0.2) is 28.6 Å². The van der Waals surface area contributed by atoms with Crippen molar-refractivity contribution in [3.63, 3.8) is 0 Å². The zero-order valence-electron chi connectivity index (χ0n) is 16.1. The minimum atomic E-state index is -2.04. The highest BCUT2D eigenvalue weighted by molar-refractivity contribution is 6.78. The van der Waals surface area contributed by atoms with E-state index in [9.17, 15) is 4.79 Å². The normalized spacial score (nSPS) is 15.8. The third-order valence-electron chi connectivity index (χ3n) is 5.26. The molecule has 0 heterocycles. The van der Waals surface area contributed by atoms with Crippen LogP contribution in [0.3, 0.4) is 0 Å². The van der Waals surface area contributed by atoms with Crippen LogP contribution in [0.2, 0.25) is 36.3 Å². The van der Waals surface area contributed by atoms with Crippen molar-refractivity contribution in [2.24, 2.45) is 0 Å². The van der Waals surface area contributed by atoms with Crippen molar-refractivity contribution < 1.29 is 9.22 Å². The first-order chi connectivity index (χ1) is 9.05. The molecular formula is C16H37NO2Si2. The fraction of sp³-hybridized carbons (Fsp3) is 0.938. The molecule has 0 aromatic rings. The molecule has 0 aromatic carbocycles. The Hall–Kier alpha value is -0.136. The van der Waals surface area contributed by atoms with Gasteiger partial charge in [0, 0.05) is 0 Å². The van der Waals surface area contributed by atoms with Gasteiger partial charge in [-0.2, -0.15) is 0 Å². The van der Waals surface area contributed by atoms with Crippen molar-refractivity contribution in [1.82, 2.24) is 4.98 Å². The largest absolute Gasteiger partial charge is 0.518 e. The molecule has 126 valence electrons. The summed E-state index contributed by atoms with van der Waals surface area (Å²) in [7, 11) is -3.75. The van der Waals surface area contributed by atoms with Crippen molar-refractivity contribution in [2.75, 3.05) is 0 Å². The molecule has 1 unspecified atom stereocenters. The van der Waals surface area contributed by atoms with Gasteiger partial charge in [0.2, 0.25) is 0 Å². The van der Waals surface area contributed by atoms with Crippen LogP contribution in [0, 0.1) is 0 Å². The Morgan fingerprint density at radius 2 is 1.43 bits per heavy atom. The molecule has 0 aliphatic heterocycles. The van der Waals surface area contributed by atoms with Gasteiger partial charge in [-0.15, -0.1) is 0 Å². The third-order valence-corrected chi connectivity index (χ3v) is 14.4. The van der Waals surface area contributed by atoms with Gasteiger partial charge in [0.25, 0.3) is 8.32 Å². The standard InChI is InChI=1S/C16H37NO2Si2/c1-12-13(17-20(8,9)15(2,3)4)14(18)19-21(10,11)16(5,6)7/h13,17H,12H2,1-11H3. The number of hydrogen-bond acceptors (Lipinski definition) is 3. The van der Waals surface area contributed by atoms with E-state index < -0.39 is 16.6 Å². The summed E-state index contributed by atoms with van der Waals surface area (Å²) in [5, 5.41) is 0.260. The van der Waals surface area contributed by atoms with E-state index in [4.69, 9.17) is 4.43 Å². The maximum absolute atomic E-state index is 12.6. The maximum atomic E-state index is 12.6. The summed E-state index contributed by atoms with van der Waals surface area (Å²) < 4.78 is 5.97. The fourth-order valence-corrected chi connectivity index (χ4v) is 4.03. The molecule has 0 amide bonds. The van der Waals surface area contributed by atoms with Gasteiger partial charge >= 0.3 is 5.97 Å². The predicted molar refractivity (Wildman–Crippen MR) is 97.7 cm³/mol. The van der Waals surface area contributed by atoms with Crippen LogP contribution < -0.4 is 4.98 Å². The van der Waals surface area contributed by atoms with Crippen molar-refractivity contribution in [3.8, 4) is 0 Å². The average Bonchev–Trinajstić information content (AvgIpc) is 2.21. The monoisotopic (exact) mass is 331 g/mol. The SMILES string of the molecule is CCC(N[Si](C)(C)C(C)(C)C)C(=O)O[Si](C)(C)C(C)(C)C. The second-order valence-electron chi connectivity index (χ2n) is 9.16. The predicted octanol–water partition coefficient (Wildman–Crippen LogP) is 4.91. The number of nitrogens with one attached hydrogen (secondary N) is 1. The van der Waals surface area contributed by atoms with Gasteiger partial charge in [-0.3, -0.25) is 4.79 Å². The van der Waals surface area contributed by atoms with Crippen LogP contribution in [0.25, 0.3) is 0 Å². The number of rotatable bonds is 5. The van der Waals surface area contributed by atoms with Crippen LogP contribution in [0.4, 0.5) is 0 Å². The summed E-state index contributed by atoms with van der Waals surface area (Å²) in [5.74, 6) is -0.0612. The second kappa shape index (κ2) is 6.54. The first-order valence-electron chi connectivity index (χ1n) is 8.06. The summed E-state index contributed by atoms with van der Waals surface area (Å²) in [5.41, 5.74) is 0. The quantitative estimate of drug-likeness (QED) is 0.728. The molecule has 21 heavy (non-hydrogen) atoms. The lowest BCUT2D eigenvalue weighted by atomic mass is 10.2. The summed E-state index contributed by atoms with van der Waals surface area (Å²) in [6.45, 7) is 24.1. The number of carbonyl (C=O) groups excluding carboxylic acids is 1. The van der Waals surface area contributed by atoms with Gasteiger partial charge in [-0.25, -0.2) is 0 Å². The van der Waals surface area contributed by atoms with Gasteiger partial charge in [0.05, 0.1) is 6.04 Å². The molecule has 0 fully saturated rings. The first kappa shape index (κ1) is 20.9. The van der Waals surface area contributed by atoms with Crippen LogP contribution in [0.1, 0.15) is 54.9 Å². The molecular weight excluding hydrogens is 294 g/mol. The highest BCUT2D eigenvalue weighted by atomic mass is 28.4. The number of hydrogen-bond donors (Lipinski definition) is 1. The molecule has 0 aliphatic carbocycles. The molecule has 0 rings (SSSR count). The third kappa shape index (κ3) is 5.53. The molecule has 0 radical (unpaired) electrons. The molecule has 3 nitrogen and oxygen atoms in total. The highest BCUT2D eigenvalue weighted by Crippen LogP contribution is 2.37. The van der Waals surface area contributed by atoms with E-state index in [0.29, 0.717) is 0 Å². The molecule has 0 saturated carbocycles. The van der Waals surface area contributed by atoms with Crippen LogP contribution >= 0.6 is 0 Å². The van der Waals surface area contributed by atoms with E-state index in [1.807, 2.05) is 0 Å². The lowest BCUT2D eigenvalue weighted by Crippen LogP contribution is -2.59. The molecule has 1 atom stereocenters. The topological polar surface area (TPSA) is 38.3 Å². The Morgan fingerprint density at radius 3 is 1.71 bits per heavy atom. The van der Waals surface area contributed by atoms with E-state index in [0.717, 1.165) is 6.42 Å². The Balaban J connectivity index is 5.04. The van der Waals surface area contributed by atoms with Gasteiger partial charge in [-0.05, 0) is 29.6 Å². The van der Waals surface area contributed by atoms with Gasteiger partial charge < -0.3 is 9.41 Å². The Morgan fingerprint density at radius 1 is 1.00 bits per heavy atom. The molecule has 0 aliphatic rings.